The number of rotatable bonds is 7. The molecule has 2 N–H and O–H groups in total. The van der Waals surface area contributed by atoms with Crippen molar-refractivity contribution in [1.82, 2.24) is 5.16 Å². The van der Waals surface area contributed by atoms with E-state index in [-0.39, 0.29) is 6.42 Å². The standard InChI is InChI=1S/C27H23ClN2O5/c1-16(22-8-3-4-9-23(22)28)34-27(33)29-25-17(2)35-30-26(25)20-12-10-19(11-13-20)21-7-5-6-18(14-21)15-24(31)32/h3-14,16H,15H2,1-2H3,(H,29,33)(H,31,32). The number of aliphatic carboxylic acids is 1. The number of carboxylic acid groups (broad SMARTS) is 1. The maximum Gasteiger partial charge on any atom is 0.412 e. The van der Waals surface area contributed by atoms with Crippen LogP contribution in [0.15, 0.2) is 77.3 Å². The van der Waals surface area contributed by atoms with Gasteiger partial charge in [0.05, 0.1) is 6.42 Å². The molecule has 35 heavy (non-hydrogen) atoms. The van der Waals surface area contributed by atoms with E-state index in [1.165, 1.54) is 0 Å². The molecule has 1 heterocycles. The van der Waals surface area contributed by atoms with Gasteiger partial charge in [-0.05, 0) is 36.6 Å². The molecule has 1 unspecified atom stereocenters. The van der Waals surface area contributed by atoms with Gasteiger partial charge in [0.2, 0.25) is 0 Å². The number of hydrogen-bond donors (Lipinski definition) is 2. The first kappa shape index (κ1) is 24.0. The number of amides is 1. The number of carboxylic acids is 1. The number of aromatic nitrogens is 1. The Bertz CT molecular complexity index is 1360. The molecule has 0 bridgehead atoms. The van der Waals surface area contributed by atoms with Crippen LogP contribution in [0.4, 0.5) is 10.5 Å². The summed E-state index contributed by atoms with van der Waals surface area (Å²) in [6.45, 7) is 3.44. The number of aryl methyl sites for hydroxylation is 1. The molecule has 0 saturated heterocycles. The van der Waals surface area contributed by atoms with Crippen LogP contribution in [0.1, 0.15) is 29.9 Å². The number of ether oxygens (including phenoxy) is 1. The normalized spacial score (nSPS) is 11.6. The third-order valence-electron chi connectivity index (χ3n) is 5.49. The molecule has 4 aromatic rings. The Morgan fingerprint density at radius 3 is 2.46 bits per heavy atom. The first-order valence-electron chi connectivity index (χ1n) is 10.9. The minimum absolute atomic E-state index is 0.0373. The summed E-state index contributed by atoms with van der Waals surface area (Å²) in [5.41, 5.74) is 4.87. The molecule has 8 heteroatoms. The van der Waals surface area contributed by atoms with E-state index < -0.39 is 18.2 Å². The van der Waals surface area contributed by atoms with Gasteiger partial charge in [-0.2, -0.15) is 0 Å². The number of halogens is 1. The highest BCUT2D eigenvalue weighted by Crippen LogP contribution is 2.33. The van der Waals surface area contributed by atoms with Crippen LogP contribution in [-0.2, 0) is 16.0 Å². The molecule has 0 aliphatic carbocycles. The van der Waals surface area contributed by atoms with Crippen LogP contribution in [0, 0.1) is 6.92 Å². The number of anilines is 1. The Labute approximate surface area is 207 Å². The topological polar surface area (TPSA) is 102 Å². The number of benzene rings is 3. The lowest BCUT2D eigenvalue weighted by Crippen LogP contribution is -2.17. The van der Waals surface area contributed by atoms with Crippen molar-refractivity contribution < 1.29 is 24.0 Å². The maximum absolute atomic E-state index is 12.6. The van der Waals surface area contributed by atoms with Crippen molar-refractivity contribution in [3.8, 4) is 22.4 Å². The van der Waals surface area contributed by atoms with Gasteiger partial charge in [0.1, 0.15) is 17.5 Å². The van der Waals surface area contributed by atoms with E-state index in [2.05, 4.69) is 10.5 Å². The lowest BCUT2D eigenvalue weighted by molar-refractivity contribution is -0.136. The fraction of sp³-hybridized carbons (Fsp3) is 0.148. The molecule has 3 aromatic carbocycles. The molecular formula is C27H23ClN2O5. The Kier molecular flexibility index (Phi) is 7.17. The van der Waals surface area contributed by atoms with Crippen molar-refractivity contribution in [3.63, 3.8) is 0 Å². The Morgan fingerprint density at radius 2 is 1.74 bits per heavy atom. The van der Waals surface area contributed by atoms with E-state index >= 15 is 0 Å². The van der Waals surface area contributed by atoms with Crippen molar-refractivity contribution in [1.29, 1.82) is 0 Å². The first-order chi connectivity index (χ1) is 16.8. The second kappa shape index (κ2) is 10.4. The predicted molar refractivity (Wildman–Crippen MR) is 133 cm³/mol. The third-order valence-corrected chi connectivity index (χ3v) is 5.84. The molecular weight excluding hydrogens is 468 g/mol. The number of nitrogens with one attached hydrogen (secondary N) is 1. The van der Waals surface area contributed by atoms with Crippen LogP contribution in [0.3, 0.4) is 0 Å². The van der Waals surface area contributed by atoms with E-state index in [4.69, 9.17) is 26.0 Å². The average molecular weight is 491 g/mol. The Hall–Kier alpha value is -4.10. The number of carbonyl (C=O) groups is 2. The highest BCUT2D eigenvalue weighted by Gasteiger charge is 2.20. The second-order valence-corrected chi connectivity index (χ2v) is 8.41. The third kappa shape index (κ3) is 5.70. The fourth-order valence-electron chi connectivity index (χ4n) is 3.73. The van der Waals surface area contributed by atoms with Crippen LogP contribution < -0.4 is 5.32 Å². The largest absolute Gasteiger partial charge is 0.481 e. The Morgan fingerprint density at radius 1 is 1.03 bits per heavy atom. The fourth-order valence-corrected chi connectivity index (χ4v) is 4.02. The highest BCUT2D eigenvalue weighted by molar-refractivity contribution is 6.31. The molecule has 1 amide bonds. The molecule has 0 aliphatic rings. The molecule has 7 nitrogen and oxygen atoms in total. The Balaban J connectivity index is 1.51. The molecule has 1 aromatic heterocycles. The predicted octanol–water partition coefficient (Wildman–Crippen LogP) is 6.91. The van der Waals surface area contributed by atoms with Gasteiger partial charge < -0.3 is 14.4 Å². The van der Waals surface area contributed by atoms with Gasteiger partial charge >= 0.3 is 12.1 Å². The minimum Gasteiger partial charge on any atom is -0.481 e. The average Bonchev–Trinajstić information content (AvgIpc) is 3.19. The van der Waals surface area contributed by atoms with E-state index in [1.807, 2.05) is 54.6 Å². The molecule has 0 fully saturated rings. The van der Waals surface area contributed by atoms with Gasteiger partial charge in [-0.1, -0.05) is 83.5 Å². The zero-order chi connectivity index (χ0) is 24.9. The van der Waals surface area contributed by atoms with Crippen molar-refractivity contribution in [2.45, 2.75) is 26.4 Å². The van der Waals surface area contributed by atoms with Gasteiger partial charge in [-0.15, -0.1) is 0 Å². The van der Waals surface area contributed by atoms with Gasteiger partial charge in [-0.3, -0.25) is 10.1 Å². The second-order valence-electron chi connectivity index (χ2n) is 8.00. The van der Waals surface area contributed by atoms with Crippen molar-refractivity contribution >= 4 is 29.4 Å². The molecule has 1 atom stereocenters. The van der Waals surface area contributed by atoms with Gasteiger partial charge in [-0.25, -0.2) is 4.79 Å². The van der Waals surface area contributed by atoms with Crippen molar-refractivity contribution in [2.75, 3.05) is 5.32 Å². The molecule has 0 radical (unpaired) electrons. The minimum atomic E-state index is -0.876. The van der Waals surface area contributed by atoms with E-state index in [1.54, 1.807) is 32.0 Å². The monoisotopic (exact) mass is 490 g/mol. The lowest BCUT2D eigenvalue weighted by atomic mass is 9.99. The maximum atomic E-state index is 12.6. The smallest absolute Gasteiger partial charge is 0.412 e. The van der Waals surface area contributed by atoms with Crippen LogP contribution in [-0.4, -0.2) is 22.3 Å². The molecule has 0 spiro atoms. The zero-order valence-electron chi connectivity index (χ0n) is 19.1. The highest BCUT2D eigenvalue weighted by atomic mass is 35.5. The van der Waals surface area contributed by atoms with Crippen molar-refractivity contribution in [3.05, 3.63) is 94.7 Å². The van der Waals surface area contributed by atoms with E-state index in [9.17, 15) is 9.59 Å². The van der Waals surface area contributed by atoms with E-state index in [0.717, 1.165) is 22.3 Å². The lowest BCUT2D eigenvalue weighted by Gasteiger charge is -2.15. The summed E-state index contributed by atoms with van der Waals surface area (Å²) in [4.78, 5) is 23.6. The van der Waals surface area contributed by atoms with Crippen LogP contribution >= 0.6 is 11.6 Å². The number of hydrogen-bond acceptors (Lipinski definition) is 5. The summed E-state index contributed by atoms with van der Waals surface area (Å²) in [7, 11) is 0. The summed E-state index contributed by atoms with van der Waals surface area (Å²) >= 11 is 6.20. The number of nitrogens with zero attached hydrogens (tertiary/aromatic N) is 1. The van der Waals surface area contributed by atoms with Crippen LogP contribution in [0.2, 0.25) is 5.02 Å². The van der Waals surface area contributed by atoms with Crippen LogP contribution in [0.25, 0.3) is 22.4 Å². The van der Waals surface area contributed by atoms with Gasteiger partial charge in [0.15, 0.2) is 5.76 Å². The summed E-state index contributed by atoms with van der Waals surface area (Å²) in [5.74, 6) is -0.438. The van der Waals surface area contributed by atoms with Gasteiger partial charge in [0, 0.05) is 16.1 Å². The summed E-state index contributed by atoms with van der Waals surface area (Å²) < 4.78 is 10.8. The van der Waals surface area contributed by atoms with Crippen molar-refractivity contribution in [2.24, 2.45) is 0 Å². The molecule has 178 valence electrons. The molecule has 0 saturated carbocycles. The summed E-state index contributed by atoms with van der Waals surface area (Å²) in [6.07, 6.45) is -1.25. The SMILES string of the molecule is Cc1onc(-c2ccc(-c3cccc(CC(=O)O)c3)cc2)c1NC(=O)OC(C)c1ccccc1Cl. The zero-order valence-corrected chi connectivity index (χ0v) is 19.9. The summed E-state index contributed by atoms with van der Waals surface area (Å²) in [6, 6.07) is 22.1. The van der Waals surface area contributed by atoms with E-state index in [0.29, 0.717) is 27.7 Å². The first-order valence-corrected chi connectivity index (χ1v) is 11.3. The molecule has 0 aliphatic heterocycles. The van der Waals surface area contributed by atoms with Crippen LogP contribution in [0.5, 0.6) is 0 Å². The number of carbonyl (C=O) groups excluding carboxylic acids is 1. The molecule has 4 rings (SSSR count). The summed E-state index contributed by atoms with van der Waals surface area (Å²) in [5, 5.41) is 16.4. The van der Waals surface area contributed by atoms with Gasteiger partial charge in [0.25, 0.3) is 0 Å². The quantitative estimate of drug-likeness (QED) is 0.292.